The Morgan fingerprint density at radius 1 is 1.42 bits per heavy atom. The summed E-state index contributed by atoms with van der Waals surface area (Å²) in [7, 11) is 1.90. The van der Waals surface area contributed by atoms with Crippen LogP contribution >= 0.6 is 15.9 Å². The molecule has 5 nitrogen and oxygen atoms in total. The second-order valence-corrected chi connectivity index (χ2v) is 5.10. The third kappa shape index (κ3) is 2.17. The molecule has 0 unspecified atom stereocenters. The number of aromatic amines is 1. The van der Waals surface area contributed by atoms with Crippen molar-refractivity contribution in [2.24, 2.45) is 0 Å². The molecule has 3 aromatic rings. The Kier molecular flexibility index (Phi) is 3.12. The minimum absolute atomic E-state index is 0.670. The number of hydrogen-bond donors (Lipinski definition) is 2. The SMILES string of the molecule is CNCc1[nH]nc(-c2ccc3nc(C)oc3c2)c1Br. The van der Waals surface area contributed by atoms with E-state index in [2.05, 4.69) is 36.4 Å². The summed E-state index contributed by atoms with van der Waals surface area (Å²) in [6.45, 7) is 2.58. The number of aromatic nitrogens is 3. The molecular weight excluding hydrogens is 308 g/mol. The summed E-state index contributed by atoms with van der Waals surface area (Å²) < 4.78 is 6.52. The fourth-order valence-electron chi connectivity index (χ4n) is 2.04. The predicted octanol–water partition coefficient (Wildman–Crippen LogP) is 3.01. The number of nitrogens with zero attached hydrogens (tertiary/aromatic N) is 2. The van der Waals surface area contributed by atoms with E-state index < -0.39 is 0 Å². The average molecular weight is 321 g/mol. The first-order valence-electron chi connectivity index (χ1n) is 5.94. The summed E-state index contributed by atoms with van der Waals surface area (Å²) in [6.07, 6.45) is 0. The quantitative estimate of drug-likeness (QED) is 0.778. The van der Waals surface area contributed by atoms with Crippen LogP contribution in [0.3, 0.4) is 0 Å². The molecule has 98 valence electrons. The highest BCUT2D eigenvalue weighted by Gasteiger charge is 2.13. The van der Waals surface area contributed by atoms with Crippen molar-refractivity contribution in [2.75, 3.05) is 7.05 Å². The number of rotatable bonds is 3. The lowest BCUT2D eigenvalue weighted by Gasteiger charge is -1.98. The normalized spacial score (nSPS) is 11.3. The maximum Gasteiger partial charge on any atom is 0.192 e. The zero-order chi connectivity index (χ0) is 13.4. The minimum Gasteiger partial charge on any atom is -0.441 e. The summed E-state index contributed by atoms with van der Waals surface area (Å²) in [4.78, 5) is 4.29. The van der Waals surface area contributed by atoms with Gasteiger partial charge in [0.05, 0.1) is 10.2 Å². The predicted molar refractivity (Wildman–Crippen MR) is 76.8 cm³/mol. The molecule has 0 aliphatic carbocycles. The second-order valence-electron chi connectivity index (χ2n) is 4.31. The molecule has 0 radical (unpaired) electrons. The van der Waals surface area contributed by atoms with Gasteiger partial charge in [-0.25, -0.2) is 4.98 Å². The Labute approximate surface area is 118 Å². The van der Waals surface area contributed by atoms with Gasteiger partial charge < -0.3 is 9.73 Å². The van der Waals surface area contributed by atoms with Gasteiger partial charge in [-0.15, -0.1) is 0 Å². The zero-order valence-corrected chi connectivity index (χ0v) is 12.2. The molecule has 0 aliphatic heterocycles. The molecule has 2 N–H and O–H groups in total. The summed E-state index contributed by atoms with van der Waals surface area (Å²) in [5.74, 6) is 0.670. The average Bonchev–Trinajstić information content (AvgIpc) is 2.92. The Hall–Kier alpha value is -1.66. The number of nitrogens with one attached hydrogen (secondary N) is 2. The van der Waals surface area contributed by atoms with Crippen molar-refractivity contribution in [1.82, 2.24) is 20.5 Å². The Morgan fingerprint density at radius 3 is 3.05 bits per heavy atom. The number of hydrogen-bond acceptors (Lipinski definition) is 4. The third-order valence-corrected chi connectivity index (χ3v) is 3.75. The van der Waals surface area contributed by atoms with E-state index in [0.717, 1.165) is 39.1 Å². The summed E-state index contributed by atoms with van der Waals surface area (Å²) in [5, 5.41) is 10.5. The Balaban J connectivity index is 2.08. The maximum atomic E-state index is 5.55. The van der Waals surface area contributed by atoms with Crippen LogP contribution in [0.15, 0.2) is 27.1 Å². The Bertz CT molecular complexity index is 731. The van der Waals surface area contributed by atoms with Crippen molar-refractivity contribution < 1.29 is 4.42 Å². The van der Waals surface area contributed by atoms with Crippen molar-refractivity contribution in [3.63, 3.8) is 0 Å². The molecule has 0 aliphatic rings. The molecule has 19 heavy (non-hydrogen) atoms. The topological polar surface area (TPSA) is 66.7 Å². The van der Waals surface area contributed by atoms with E-state index in [-0.39, 0.29) is 0 Å². The van der Waals surface area contributed by atoms with Gasteiger partial charge in [0.25, 0.3) is 0 Å². The van der Waals surface area contributed by atoms with Crippen LogP contribution in [0.4, 0.5) is 0 Å². The molecule has 0 atom stereocenters. The lowest BCUT2D eigenvalue weighted by atomic mass is 10.1. The molecule has 3 rings (SSSR count). The van der Waals surface area contributed by atoms with E-state index >= 15 is 0 Å². The van der Waals surface area contributed by atoms with Crippen LogP contribution in [0.25, 0.3) is 22.4 Å². The van der Waals surface area contributed by atoms with Crippen molar-refractivity contribution in [3.05, 3.63) is 34.3 Å². The van der Waals surface area contributed by atoms with Gasteiger partial charge in [0.1, 0.15) is 11.2 Å². The first-order chi connectivity index (χ1) is 9.19. The van der Waals surface area contributed by atoms with Crippen molar-refractivity contribution in [3.8, 4) is 11.3 Å². The van der Waals surface area contributed by atoms with Crippen LogP contribution < -0.4 is 5.32 Å². The number of aryl methyl sites for hydroxylation is 1. The lowest BCUT2D eigenvalue weighted by Crippen LogP contribution is -2.05. The highest BCUT2D eigenvalue weighted by molar-refractivity contribution is 9.10. The van der Waals surface area contributed by atoms with E-state index in [0.29, 0.717) is 5.89 Å². The van der Waals surface area contributed by atoms with Gasteiger partial charge in [0, 0.05) is 19.0 Å². The largest absolute Gasteiger partial charge is 0.441 e. The molecule has 0 fully saturated rings. The van der Waals surface area contributed by atoms with E-state index in [4.69, 9.17) is 4.42 Å². The van der Waals surface area contributed by atoms with Crippen molar-refractivity contribution >= 4 is 27.0 Å². The minimum atomic E-state index is 0.670. The standard InChI is InChI=1S/C13H13BrN4O/c1-7-16-9-4-3-8(5-11(9)19-7)13-12(14)10(6-15-2)17-18-13/h3-5,15H,6H2,1-2H3,(H,17,18). The van der Waals surface area contributed by atoms with Crippen molar-refractivity contribution in [1.29, 1.82) is 0 Å². The molecule has 2 heterocycles. The van der Waals surface area contributed by atoms with Crippen molar-refractivity contribution in [2.45, 2.75) is 13.5 Å². The van der Waals surface area contributed by atoms with Gasteiger partial charge in [-0.2, -0.15) is 5.10 Å². The highest BCUT2D eigenvalue weighted by Crippen LogP contribution is 2.31. The van der Waals surface area contributed by atoms with Gasteiger partial charge in [0.2, 0.25) is 0 Å². The fourth-order valence-corrected chi connectivity index (χ4v) is 2.58. The molecular formula is C13H13BrN4O. The first kappa shape index (κ1) is 12.4. The van der Waals surface area contributed by atoms with Gasteiger partial charge in [-0.3, -0.25) is 5.10 Å². The molecule has 0 spiro atoms. The first-order valence-corrected chi connectivity index (χ1v) is 6.73. The molecule has 0 amide bonds. The number of benzene rings is 1. The summed E-state index contributed by atoms with van der Waals surface area (Å²) in [5.41, 5.74) is 4.53. The maximum absolute atomic E-state index is 5.55. The summed E-state index contributed by atoms with van der Waals surface area (Å²) in [6, 6.07) is 5.90. The van der Waals surface area contributed by atoms with Gasteiger partial charge in [-0.05, 0) is 35.1 Å². The van der Waals surface area contributed by atoms with Crippen LogP contribution in [0.1, 0.15) is 11.6 Å². The lowest BCUT2D eigenvalue weighted by molar-refractivity contribution is 0.561. The van der Waals surface area contributed by atoms with E-state index in [1.807, 2.05) is 32.2 Å². The van der Waals surface area contributed by atoms with Crippen LogP contribution in [0.5, 0.6) is 0 Å². The van der Waals surface area contributed by atoms with Crippen LogP contribution in [0, 0.1) is 6.92 Å². The summed E-state index contributed by atoms with van der Waals surface area (Å²) >= 11 is 3.58. The smallest absolute Gasteiger partial charge is 0.192 e. The molecule has 1 aromatic carbocycles. The zero-order valence-electron chi connectivity index (χ0n) is 10.6. The monoisotopic (exact) mass is 320 g/mol. The molecule has 6 heteroatoms. The number of fused-ring (bicyclic) bond motifs is 1. The number of H-pyrrole nitrogens is 1. The van der Waals surface area contributed by atoms with Gasteiger partial charge in [0.15, 0.2) is 11.5 Å². The number of oxazole rings is 1. The number of halogens is 1. The molecule has 0 saturated carbocycles. The molecule has 0 saturated heterocycles. The van der Waals surface area contributed by atoms with E-state index in [9.17, 15) is 0 Å². The second kappa shape index (κ2) is 4.79. The van der Waals surface area contributed by atoms with Crippen LogP contribution in [-0.2, 0) is 6.54 Å². The van der Waals surface area contributed by atoms with Gasteiger partial charge >= 0.3 is 0 Å². The third-order valence-electron chi connectivity index (χ3n) is 2.90. The van der Waals surface area contributed by atoms with Crippen LogP contribution in [-0.4, -0.2) is 22.2 Å². The van der Waals surface area contributed by atoms with E-state index in [1.54, 1.807) is 0 Å². The van der Waals surface area contributed by atoms with E-state index in [1.165, 1.54) is 0 Å². The highest BCUT2D eigenvalue weighted by atomic mass is 79.9. The molecule has 0 bridgehead atoms. The fraction of sp³-hybridized carbons (Fsp3) is 0.231. The molecule has 2 aromatic heterocycles. The van der Waals surface area contributed by atoms with Crippen LogP contribution in [0.2, 0.25) is 0 Å². The Morgan fingerprint density at radius 2 is 2.26 bits per heavy atom. The van der Waals surface area contributed by atoms with Gasteiger partial charge in [-0.1, -0.05) is 6.07 Å².